The summed E-state index contributed by atoms with van der Waals surface area (Å²) in [4.78, 5) is 27.8. The van der Waals surface area contributed by atoms with E-state index in [9.17, 15) is 9.90 Å². The van der Waals surface area contributed by atoms with Gasteiger partial charge in [-0.25, -0.2) is 9.97 Å². The Kier molecular flexibility index (Phi) is 5.27. The van der Waals surface area contributed by atoms with Crippen LogP contribution >= 0.6 is 0 Å². The molecule has 7 heteroatoms. The van der Waals surface area contributed by atoms with Crippen LogP contribution in [0.25, 0.3) is 11.0 Å². The van der Waals surface area contributed by atoms with Gasteiger partial charge in [0.25, 0.3) is 5.91 Å². The molecule has 2 aromatic heterocycles. The van der Waals surface area contributed by atoms with Gasteiger partial charge < -0.3 is 10.4 Å². The second kappa shape index (κ2) is 8.00. The third kappa shape index (κ3) is 4.00. The van der Waals surface area contributed by atoms with Crippen LogP contribution in [0.2, 0.25) is 0 Å². The Labute approximate surface area is 163 Å². The molecule has 1 amide bonds. The van der Waals surface area contributed by atoms with Gasteiger partial charge in [0.15, 0.2) is 0 Å². The van der Waals surface area contributed by atoms with Crippen LogP contribution in [-0.2, 0) is 6.54 Å². The number of aliphatic hydroxyl groups is 1. The Bertz CT molecular complexity index is 979. The fourth-order valence-electron chi connectivity index (χ4n) is 3.55. The van der Waals surface area contributed by atoms with Crippen LogP contribution in [-0.4, -0.2) is 56.1 Å². The van der Waals surface area contributed by atoms with Gasteiger partial charge >= 0.3 is 0 Å². The zero-order valence-corrected chi connectivity index (χ0v) is 15.7. The largest absolute Gasteiger partial charge is 0.390 e. The molecule has 144 valence electrons. The predicted octanol–water partition coefficient (Wildman–Crippen LogP) is 1.70. The number of carbonyl (C=O) groups excluding carboxylic acids is 1. The molecule has 0 spiro atoms. The minimum atomic E-state index is -0.631. The molecular weight excluding hydrogens is 354 g/mol. The lowest BCUT2D eigenvalue weighted by Gasteiger charge is -2.36. The van der Waals surface area contributed by atoms with Crippen molar-refractivity contribution in [2.45, 2.75) is 32.0 Å². The van der Waals surface area contributed by atoms with E-state index in [-0.39, 0.29) is 11.9 Å². The highest BCUT2D eigenvalue weighted by Gasteiger charge is 2.29. The van der Waals surface area contributed by atoms with Gasteiger partial charge in [0, 0.05) is 37.6 Å². The van der Waals surface area contributed by atoms with Crippen LogP contribution in [0.5, 0.6) is 0 Å². The Morgan fingerprint density at radius 1 is 1.18 bits per heavy atom. The number of para-hydroxylation sites is 2. The molecule has 0 saturated carbocycles. The number of aliphatic hydroxyl groups excluding tert-OH is 1. The number of aryl methyl sites for hydroxylation is 1. The number of nitrogens with zero attached hydrogens (tertiary/aromatic N) is 4. The summed E-state index contributed by atoms with van der Waals surface area (Å²) in [5, 5.41) is 13.5. The minimum Gasteiger partial charge on any atom is -0.390 e. The molecule has 1 aliphatic heterocycles. The van der Waals surface area contributed by atoms with E-state index < -0.39 is 6.10 Å². The van der Waals surface area contributed by atoms with Crippen molar-refractivity contribution >= 4 is 16.9 Å². The zero-order valence-electron chi connectivity index (χ0n) is 15.7. The minimum absolute atomic E-state index is 0.184. The SMILES string of the molecule is Cc1nc2ccccc2nc1CN1CC[C@@H](NC(=O)c2ccncc2)[C@H](O)C1. The van der Waals surface area contributed by atoms with Gasteiger partial charge in [0.1, 0.15) is 0 Å². The molecule has 0 bridgehead atoms. The normalized spacial score (nSPS) is 20.2. The van der Waals surface area contributed by atoms with Crippen LogP contribution < -0.4 is 5.32 Å². The Balaban J connectivity index is 1.39. The number of fused-ring (bicyclic) bond motifs is 1. The number of carbonyl (C=O) groups is 1. The number of likely N-dealkylation sites (tertiary alicyclic amines) is 1. The Morgan fingerprint density at radius 2 is 1.89 bits per heavy atom. The Hall–Kier alpha value is -2.90. The molecule has 3 heterocycles. The van der Waals surface area contributed by atoms with E-state index in [1.807, 2.05) is 31.2 Å². The maximum absolute atomic E-state index is 12.3. The summed E-state index contributed by atoms with van der Waals surface area (Å²) < 4.78 is 0. The summed E-state index contributed by atoms with van der Waals surface area (Å²) in [7, 11) is 0. The summed E-state index contributed by atoms with van der Waals surface area (Å²) >= 11 is 0. The molecule has 1 aliphatic rings. The first-order chi connectivity index (χ1) is 13.6. The molecule has 4 rings (SSSR count). The van der Waals surface area contributed by atoms with Gasteiger partial charge in [-0.3, -0.25) is 14.7 Å². The number of rotatable bonds is 4. The maximum atomic E-state index is 12.3. The number of aromatic nitrogens is 3. The van der Waals surface area contributed by atoms with Gasteiger partial charge in [0.05, 0.1) is 34.6 Å². The van der Waals surface area contributed by atoms with Crippen LogP contribution in [0.1, 0.15) is 28.2 Å². The van der Waals surface area contributed by atoms with E-state index in [1.54, 1.807) is 24.5 Å². The monoisotopic (exact) mass is 377 g/mol. The molecule has 2 N–H and O–H groups in total. The van der Waals surface area contributed by atoms with Gasteiger partial charge in [0.2, 0.25) is 0 Å². The highest BCUT2D eigenvalue weighted by atomic mass is 16.3. The molecule has 3 aromatic rings. The van der Waals surface area contributed by atoms with Crippen LogP contribution in [0.15, 0.2) is 48.8 Å². The number of hydrogen-bond acceptors (Lipinski definition) is 6. The highest BCUT2D eigenvalue weighted by molar-refractivity contribution is 5.94. The molecule has 1 saturated heterocycles. The van der Waals surface area contributed by atoms with Crippen molar-refractivity contribution in [3.63, 3.8) is 0 Å². The van der Waals surface area contributed by atoms with E-state index in [2.05, 4.69) is 20.2 Å². The molecule has 0 aliphatic carbocycles. The molecule has 7 nitrogen and oxygen atoms in total. The van der Waals surface area contributed by atoms with Crippen molar-refractivity contribution in [1.82, 2.24) is 25.2 Å². The van der Waals surface area contributed by atoms with Crippen molar-refractivity contribution in [1.29, 1.82) is 0 Å². The maximum Gasteiger partial charge on any atom is 0.251 e. The van der Waals surface area contributed by atoms with Crippen LogP contribution in [0.3, 0.4) is 0 Å². The van der Waals surface area contributed by atoms with Crippen molar-refractivity contribution < 1.29 is 9.90 Å². The number of piperidine rings is 1. The number of pyridine rings is 1. The first kappa shape index (κ1) is 18.5. The second-order valence-corrected chi connectivity index (χ2v) is 7.15. The van der Waals surface area contributed by atoms with Gasteiger partial charge in [-0.1, -0.05) is 12.1 Å². The van der Waals surface area contributed by atoms with Gasteiger partial charge in [-0.15, -0.1) is 0 Å². The standard InChI is InChI=1S/C21H23N5O2/c1-14-19(24-17-5-3-2-4-16(17)23-14)12-26-11-8-18(20(27)13-26)25-21(28)15-6-9-22-10-7-15/h2-7,9-10,18,20,27H,8,11-13H2,1H3,(H,25,28)/t18-,20-/m1/s1. The fraction of sp³-hybridized carbons (Fsp3) is 0.333. The Morgan fingerprint density at radius 3 is 2.61 bits per heavy atom. The van der Waals surface area contributed by atoms with E-state index in [1.165, 1.54) is 0 Å². The van der Waals surface area contributed by atoms with Crippen LogP contribution in [0, 0.1) is 6.92 Å². The van der Waals surface area contributed by atoms with Crippen LogP contribution in [0.4, 0.5) is 0 Å². The lowest BCUT2D eigenvalue weighted by Crippen LogP contribution is -2.53. The van der Waals surface area contributed by atoms with Gasteiger partial charge in [-0.05, 0) is 37.6 Å². The molecule has 1 aromatic carbocycles. The van der Waals surface area contributed by atoms with E-state index in [0.717, 1.165) is 29.0 Å². The number of benzene rings is 1. The highest BCUT2D eigenvalue weighted by Crippen LogP contribution is 2.18. The van der Waals surface area contributed by atoms with E-state index >= 15 is 0 Å². The number of hydrogen-bond donors (Lipinski definition) is 2. The van der Waals surface area contributed by atoms with Crippen molar-refractivity contribution in [2.24, 2.45) is 0 Å². The number of amides is 1. The topological polar surface area (TPSA) is 91.2 Å². The zero-order chi connectivity index (χ0) is 19.5. The van der Waals surface area contributed by atoms with Crippen molar-refractivity contribution in [2.75, 3.05) is 13.1 Å². The van der Waals surface area contributed by atoms with E-state index in [0.29, 0.717) is 25.1 Å². The lowest BCUT2D eigenvalue weighted by molar-refractivity contribution is 0.0344. The average Bonchev–Trinajstić information content (AvgIpc) is 2.71. The molecular formula is C21H23N5O2. The lowest BCUT2D eigenvalue weighted by atomic mass is 10.0. The van der Waals surface area contributed by atoms with Crippen molar-refractivity contribution in [3.8, 4) is 0 Å². The molecule has 2 atom stereocenters. The third-order valence-electron chi connectivity index (χ3n) is 5.14. The molecule has 28 heavy (non-hydrogen) atoms. The first-order valence-corrected chi connectivity index (χ1v) is 9.44. The second-order valence-electron chi connectivity index (χ2n) is 7.15. The third-order valence-corrected chi connectivity index (χ3v) is 5.14. The molecule has 1 fully saturated rings. The summed E-state index contributed by atoms with van der Waals surface area (Å²) in [5.41, 5.74) is 4.14. The number of β-amino-alcohol motifs (C(OH)–C–C–N with tert-alkyl or cyclic N) is 1. The number of nitrogens with one attached hydrogen (secondary N) is 1. The smallest absolute Gasteiger partial charge is 0.251 e. The summed E-state index contributed by atoms with van der Waals surface area (Å²) in [6.45, 7) is 3.85. The predicted molar refractivity (Wildman–Crippen MR) is 106 cm³/mol. The quantitative estimate of drug-likeness (QED) is 0.719. The van der Waals surface area contributed by atoms with Crippen molar-refractivity contribution in [3.05, 3.63) is 65.7 Å². The molecule has 0 radical (unpaired) electrons. The summed E-state index contributed by atoms with van der Waals surface area (Å²) in [6, 6.07) is 10.9. The average molecular weight is 377 g/mol. The summed E-state index contributed by atoms with van der Waals surface area (Å²) in [5.74, 6) is -0.184. The first-order valence-electron chi connectivity index (χ1n) is 9.44. The van der Waals surface area contributed by atoms with Gasteiger partial charge in [-0.2, -0.15) is 0 Å². The fourth-order valence-corrected chi connectivity index (χ4v) is 3.55. The molecule has 0 unspecified atom stereocenters. The summed E-state index contributed by atoms with van der Waals surface area (Å²) in [6.07, 6.45) is 3.22. The van der Waals surface area contributed by atoms with E-state index in [4.69, 9.17) is 4.98 Å².